The molecule has 3 atom stereocenters. The summed E-state index contributed by atoms with van der Waals surface area (Å²) in [6.07, 6.45) is -4.41. The largest absolute Gasteiger partial charge is 0.416 e. The molecule has 0 aromatic heterocycles. The smallest absolute Gasteiger partial charge is 0.313 e. The number of nitrogens with one attached hydrogen (secondary N) is 1. The molecule has 0 amide bonds. The van der Waals surface area contributed by atoms with Gasteiger partial charge in [-0.15, -0.1) is 0 Å². The van der Waals surface area contributed by atoms with Crippen molar-refractivity contribution in [1.82, 2.24) is 5.32 Å². The summed E-state index contributed by atoms with van der Waals surface area (Å²) in [6, 6.07) is 4.69. The van der Waals surface area contributed by atoms with Crippen molar-refractivity contribution < 1.29 is 17.4 Å². The van der Waals surface area contributed by atoms with E-state index in [1.807, 2.05) is 13.8 Å². The first-order chi connectivity index (χ1) is 8.77. The Kier molecular flexibility index (Phi) is 5.55. The van der Waals surface area contributed by atoms with E-state index in [1.54, 1.807) is 6.92 Å². The standard InChI is InChI=1S/C13H18F3NOS/c1-4-17-9(2)10(3)19(18)12-7-5-6-11(8-12)13(14,15)16/h5-10,17H,4H2,1-3H3. The zero-order valence-corrected chi connectivity index (χ0v) is 11.9. The predicted molar refractivity (Wildman–Crippen MR) is 70.5 cm³/mol. The number of halogens is 3. The molecule has 3 unspecified atom stereocenters. The molecule has 0 aliphatic heterocycles. The minimum Gasteiger partial charge on any atom is -0.313 e. The predicted octanol–water partition coefficient (Wildman–Crippen LogP) is 3.20. The molecule has 0 fully saturated rings. The SMILES string of the molecule is CCNC(C)C(C)S(=O)c1cccc(C(F)(F)F)c1. The zero-order chi connectivity index (χ0) is 14.6. The van der Waals surface area contributed by atoms with Gasteiger partial charge in [0.1, 0.15) is 0 Å². The molecule has 0 aliphatic rings. The van der Waals surface area contributed by atoms with Crippen molar-refractivity contribution in [2.75, 3.05) is 6.54 Å². The first-order valence-electron chi connectivity index (χ1n) is 6.08. The van der Waals surface area contributed by atoms with E-state index in [-0.39, 0.29) is 16.2 Å². The summed E-state index contributed by atoms with van der Waals surface area (Å²) < 4.78 is 50.0. The molecule has 0 spiro atoms. The Balaban J connectivity index is 2.94. The van der Waals surface area contributed by atoms with Crippen LogP contribution in [0.25, 0.3) is 0 Å². The van der Waals surface area contributed by atoms with Gasteiger partial charge >= 0.3 is 6.18 Å². The Morgan fingerprint density at radius 3 is 2.47 bits per heavy atom. The van der Waals surface area contributed by atoms with Crippen LogP contribution in [-0.2, 0) is 17.0 Å². The molecule has 6 heteroatoms. The molecule has 2 nitrogen and oxygen atoms in total. The molecule has 0 bridgehead atoms. The van der Waals surface area contributed by atoms with Gasteiger partial charge in [-0.1, -0.05) is 13.0 Å². The van der Waals surface area contributed by atoms with Crippen molar-refractivity contribution in [2.45, 2.75) is 43.1 Å². The maximum Gasteiger partial charge on any atom is 0.416 e. The second-order valence-electron chi connectivity index (χ2n) is 4.37. The Morgan fingerprint density at radius 2 is 1.95 bits per heavy atom. The summed E-state index contributed by atoms with van der Waals surface area (Å²) in [5.41, 5.74) is -0.762. The highest BCUT2D eigenvalue weighted by atomic mass is 32.2. The minimum absolute atomic E-state index is 0.0274. The molecule has 0 aliphatic carbocycles. The average Bonchev–Trinajstić information content (AvgIpc) is 2.36. The molecule has 1 aromatic carbocycles. The fraction of sp³-hybridized carbons (Fsp3) is 0.538. The maximum atomic E-state index is 12.6. The van der Waals surface area contributed by atoms with Crippen molar-refractivity contribution >= 4 is 10.8 Å². The van der Waals surface area contributed by atoms with E-state index in [0.29, 0.717) is 0 Å². The van der Waals surface area contributed by atoms with Crippen molar-refractivity contribution in [3.8, 4) is 0 Å². The second kappa shape index (κ2) is 6.52. The minimum atomic E-state index is -4.41. The molecule has 1 aromatic rings. The van der Waals surface area contributed by atoms with Crippen LogP contribution in [0.1, 0.15) is 26.3 Å². The van der Waals surface area contributed by atoms with E-state index >= 15 is 0 Å². The fourth-order valence-electron chi connectivity index (χ4n) is 1.69. The highest BCUT2D eigenvalue weighted by Crippen LogP contribution is 2.30. The highest BCUT2D eigenvalue weighted by Gasteiger charge is 2.31. The summed E-state index contributed by atoms with van der Waals surface area (Å²) >= 11 is 0. The summed E-state index contributed by atoms with van der Waals surface area (Å²) in [7, 11) is -1.47. The van der Waals surface area contributed by atoms with Gasteiger partial charge in [-0.3, -0.25) is 4.21 Å². The maximum absolute atomic E-state index is 12.6. The van der Waals surface area contributed by atoms with Crippen LogP contribution in [0.15, 0.2) is 29.2 Å². The normalized spacial score (nSPS) is 16.9. The quantitative estimate of drug-likeness (QED) is 0.903. The van der Waals surface area contributed by atoms with Gasteiger partial charge in [0.15, 0.2) is 0 Å². The molecule has 0 radical (unpaired) electrons. The number of hydrogen-bond donors (Lipinski definition) is 1. The van der Waals surface area contributed by atoms with Gasteiger partial charge in [-0.2, -0.15) is 13.2 Å². The molecular formula is C13H18F3NOS. The molecule has 0 saturated carbocycles. The third kappa shape index (κ3) is 4.31. The molecule has 0 heterocycles. The van der Waals surface area contributed by atoms with Crippen molar-refractivity contribution in [1.29, 1.82) is 0 Å². The third-order valence-electron chi connectivity index (χ3n) is 2.96. The number of rotatable bonds is 5. The lowest BCUT2D eigenvalue weighted by atomic mass is 10.2. The van der Waals surface area contributed by atoms with Crippen LogP contribution in [-0.4, -0.2) is 22.0 Å². The number of hydrogen-bond acceptors (Lipinski definition) is 2. The van der Waals surface area contributed by atoms with Gasteiger partial charge in [0.25, 0.3) is 0 Å². The summed E-state index contributed by atoms with van der Waals surface area (Å²) in [6.45, 7) is 6.30. The van der Waals surface area contributed by atoms with Gasteiger partial charge in [0.2, 0.25) is 0 Å². The van der Waals surface area contributed by atoms with Crippen LogP contribution in [0.2, 0.25) is 0 Å². The molecule has 1 rings (SSSR count). The molecule has 19 heavy (non-hydrogen) atoms. The summed E-state index contributed by atoms with van der Waals surface area (Å²) in [4.78, 5) is 0.215. The monoisotopic (exact) mass is 293 g/mol. The van der Waals surface area contributed by atoms with E-state index in [0.717, 1.165) is 18.7 Å². The van der Waals surface area contributed by atoms with Crippen LogP contribution in [0.3, 0.4) is 0 Å². The van der Waals surface area contributed by atoms with Crippen molar-refractivity contribution in [3.63, 3.8) is 0 Å². The average molecular weight is 293 g/mol. The topological polar surface area (TPSA) is 29.1 Å². The Morgan fingerprint density at radius 1 is 1.32 bits per heavy atom. The van der Waals surface area contributed by atoms with Gasteiger partial charge in [0.05, 0.1) is 21.6 Å². The molecule has 0 saturated heterocycles. The van der Waals surface area contributed by atoms with Gasteiger partial charge < -0.3 is 5.32 Å². The fourth-order valence-corrected chi connectivity index (χ4v) is 3.04. The lowest BCUT2D eigenvalue weighted by Gasteiger charge is -2.20. The van der Waals surface area contributed by atoms with E-state index < -0.39 is 22.5 Å². The third-order valence-corrected chi connectivity index (χ3v) is 4.76. The molecule has 108 valence electrons. The van der Waals surface area contributed by atoms with Crippen molar-refractivity contribution in [3.05, 3.63) is 29.8 Å². The summed E-state index contributed by atoms with van der Waals surface area (Å²) in [5.74, 6) is 0. The van der Waals surface area contributed by atoms with Crippen LogP contribution < -0.4 is 5.32 Å². The molecular weight excluding hydrogens is 275 g/mol. The Hall–Kier alpha value is -0.880. The lowest BCUT2D eigenvalue weighted by Crippen LogP contribution is -2.37. The molecule has 1 N–H and O–H groups in total. The van der Waals surface area contributed by atoms with Crippen LogP contribution in [0.5, 0.6) is 0 Å². The highest BCUT2D eigenvalue weighted by molar-refractivity contribution is 7.85. The van der Waals surface area contributed by atoms with E-state index in [2.05, 4.69) is 5.32 Å². The Labute approximate surface area is 113 Å². The zero-order valence-electron chi connectivity index (χ0n) is 11.1. The van der Waals surface area contributed by atoms with Gasteiger partial charge in [-0.05, 0) is 38.6 Å². The van der Waals surface area contributed by atoms with E-state index in [1.165, 1.54) is 12.1 Å². The Bertz CT molecular complexity index is 448. The second-order valence-corrected chi connectivity index (χ2v) is 6.18. The van der Waals surface area contributed by atoms with Crippen molar-refractivity contribution in [2.24, 2.45) is 0 Å². The van der Waals surface area contributed by atoms with Gasteiger partial charge in [0, 0.05) is 10.9 Å². The summed E-state index contributed by atoms with van der Waals surface area (Å²) in [5, 5.41) is 2.86. The van der Waals surface area contributed by atoms with Crippen LogP contribution in [0.4, 0.5) is 13.2 Å². The van der Waals surface area contributed by atoms with Crippen LogP contribution in [0, 0.1) is 0 Å². The number of alkyl halides is 3. The van der Waals surface area contributed by atoms with E-state index in [4.69, 9.17) is 0 Å². The first-order valence-corrected chi connectivity index (χ1v) is 7.30. The van der Waals surface area contributed by atoms with Crippen LogP contribution >= 0.6 is 0 Å². The van der Waals surface area contributed by atoms with E-state index in [9.17, 15) is 17.4 Å². The lowest BCUT2D eigenvalue weighted by molar-refractivity contribution is -0.137. The number of benzene rings is 1. The first kappa shape index (κ1) is 16.2. The van der Waals surface area contributed by atoms with Gasteiger partial charge in [-0.25, -0.2) is 0 Å².